The SMILES string of the molecule is CCCCCCOc1c2ccc3c(c2c(-c2ccc4c(c2)OCO4)c2c[nH]c(O)c12)OCO3. The molecule has 33 heavy (non-hydrogen) atoms. The zero-order valence-electron chi connectivity index (χ0n) is 18.4. The van der Waals surface area contributed by atoms with E-state index in [2.05, 4.69) is 11.9 Å². The van der Waals surface area contributed by atoms with Gasteiger partial charge in [-0.2, -0.15) is 0 Å². The standard InChI is InChI=1S/C26H25NO6/c1-2-3-4-5-10-29-24-16-7-9-19-25(33-14-31-19)22(16)21(17-12-27-26(28)23(17)24)15-6-8-18-20(11-15)32-13-30-18/h6-9,11-12,27-28H,2-5,10,13-14H2,1H3. The van der Waals surface area contributed by atoms with Gasteiger partial charge in [0.2, 0.25) is 13.6 Å². The van der Waals surface area contributed by atoms with Crippen molar-refractivity contribution in [2.45, 2.75) is 32.6 Å². The minimum absolute atomic E-state index is 0.0788. The molecule has 0 amide bonds. The molecular formula is C26H25NO6. The van der Waals surface area contributed by atoms with Crippen molar-refractivity contribution in [2.24, 2.45) is 0 Å². The highest BCUT2D eigenvalue weighted by atomic mass is 16.7. The molecule has 1 aromatic heterocycles. The summed E-state index contributed by atoms with van der Waals surface area (Å²) in [5.41, 5.74) is 1.84. The fourth-order valence-electron chi connectivity index (χ4n) is 4.72. The second kappa shape index (κ2) is 7.99. The van der Waals surface area contributed by atoms with E-state index in [-0.39, 0.29) is 19.5 Å². The number of nitrogens with one attached hydrogen (secondary N) is 1. The summed E-state index contributed by atoms with van der Waals surface area (Å²) in [7, 11) is 0. The van der Waals surface area contributed by atoms with Gasteiger partial charge in [0, 0.05) is 27.9 Å². The molecule has 4 aromatic rings. The summed E-state index contributed by atoms with van der Waals surface area (Å²) >= 11 is 0. The Hall–Kier alpha value is -3.74. The van der Waals surface area contributed by atoms with Crippen molar-refractivity contribution in [2.75, 3.05) is 20.2 Å². The number of aromatic amines is 1. The Balaban J connectivity index is 1.60. The number of rotatable bonds is 7. The number of aromatic hydroxyl groups is 1. The van der Waals surface area contributed by atoms with Crippen molar-refractivity contribution in [1.82, 2.24) is 4.98 Å². The molecule has 3 heterocycles. The highest BCUT2D eigenvalue weighted by Crippen LogP contribution is 2.53. The van der Waals surface area contributed by atoms with Gasteiger partial charge in [-0.3, -0.25) is 0 Å². The molecule has 7 nitrogen and oxygen atoms in total. The largest absolute Gasteiger partial charge is 0.494 e. The lowest BCUT2D eigenvalue weighted by Crippen LogP contribution is -2.00. The molecule has 170 valence electrons. The maximum absolute atomic E-state index is 10.8. The second-order valence-corrected chi connectivity index (χ2v) is 8.33. The first-order valence-electron chi connectivity index (χ1n) is 11.4. The Morgan fingerprint density at radius 1 is 0.879 bits per heavy atom. The predicted molar refractivity (Wildman–Crippen MR) is 125 cm³/mol. The number of hydrogen-bond donors (Lipinski definition) is 2. The van der Waals surface area contributed by atoms with Crippen LogP contribution in [0.25, 0.3) is 32.7 Å². The molecule has 6 rings (SSSR count). The molecule has 0 fully saturated rings. The Labute approximate surface area is 190 Å². The fourth-order valence-corrected chi connectivity index (χ4v) is 4.72. The van der Waals surface area contributed by atoms with E-state index in [1.165, 1.54) is 12.8 Å². The normalized spacial score (nSPS) is 13.8. The van der Waals surface area contributed by atoms with Crippen molar-refractivity contribution < 1.29 is 28.8 Å². The maximum Gasteiger partial charge on any atom is 0.231 e. The molecule has 0 unspecified atom stereocenters. The third-order valence-corrected chi connectivity index (χ3v) is 6.30. The van der Waals surface area contributed by atoms with Crippen LogP contribution in [0.4, 0.5) is 0 Å². The van der Waals surface area contributed by atoms with Crippen LogP contribution in [0.3, 0.4) is 0 Å². The number of H-pyrrole nitrogens is 1. The Morgan fingerprint density at radius 2 is 1.70 bits per heavy atom. The van der Waals surface area contributed by atoms with E-state index in [9.17, 15) is 5.11 Å². The van der Waals surface area contributed by atoms with Crippen molar-refractivity contribution in [3.63, 3.8) is 0 Å². The summed E-state index contributed by atoms with van der Waals surface area (Å²) in [4.78, 5) is 2.98. The third-order valence-electron chi connectivity index (χ3n) is 6.30. The van der Waals surface area contributed by atoms with Crippen LogP contribution < -0.4 is 23.7 Å². The Bertz CT molecular complexity index is 1360. The highest BCUT2D eigenvalue weighted by molar-refractivity contribution is 6.20. The molecule has 2 N–H and O–H groups in total. The molecule has 0 saturated carbocycles. The van der Waals surface area contributed by atoms with Crippen molar-refractivity contribution >= 4 is 21.5 Å². The van der Waals surface area contributed by atoms with Gasteiger partial charge < -0.3 is 33.8 Å². The first-order valence-corrected chi connectivity index (χ1v) is 11.4. The summed E-state index contributed by atoms with van der Waals surface area (Å²) in [6, 6.07) is 9.73. The molecule has 0 atom stereocenters. The average Bonchev–Trinajstić information content (AvgIpc) is 3.57. The van der Waals surface area contributed by atoms with Crippen molar-refractivity contribution in [1.29, 1.82) is 0 Å². The molecule has 2 aliphatic heterocycles. The number of unbranched alkanes of at least 4 members (excludes halogenated alkanes) is 3. The minimum Gasteiger partial charge on any atom is -0.494 e. The minimum atomic E-state index is 0.0788. The topological polar surface area (TPSA) is 82.2 Å². The number of fused-ring (bicyclic) bond motifs is 5. The van der Waals surface area contributed by atoms with Crippen molar-refractivity contribution in [3.8, 4) is 45.8 Å². The zero-order valence-corrected chi connectivity index (χ0v) is 18.4. The van der Waals surface area contributed by atoms with Gasteiger partial charge in [0.15, 0.2) is 28.9 Å². The second-order valence-electron chi connectivity index (χ2n) is 8.33. The Morgan fingerprint density at radius 3 is 2.61 bits per heavy atom. The average molecular weight is 447 g/mol. The van der Waals surface area contributed by atoms with E-state index >= 15 is 0 Å². The molecule has 7 heteroatoms. The van der Waals surface area contributed by atoms with Crippen molar-refractivity contribution in [3.05, 3.63) is 36.5 Å². The van der Waals surface area contributed by atoms with Crippen LogP contribution in [0.1, 0.15) is 32.6 Å². The predicted octanol–water partition coefficient (Wildman–Crippen LogP) is 6.11. The zero-order chi connectivity index (χ0) is 22.4. The molecule has 0 bridgehead atoms. The monoisotopic (exact) mass is 447 g/mol. The number of ether oxygens (including phenoxy) is 5. The molecule has 0 saturated heterocycles. The van der Waals surface area contributed by atoms with Gasteiger partial charge in [-0.25, -0.2) is 0 Å². The lowest BCUT2D eigenvalue weighted by molar-refractivity contribution is 0.174. The van der Waals surface area contributed by atoms with Crippen LogP contribution in [0.15, 0.2) is 36.5 Å². The number of hydrogen-bond acceptors (Lipinski definition) is 6. The van der Waals surface area contributed by atoms with Gasteiger partial charge in [0.1, 0.15) is 5.75 Å². The van der Waals surface area contributed by atoms with E-state index in [1.54, 1.807) is 0 Å². The quantitative estimate of drug-likeness (QED) is 0.333. The smallest absolute Gasteiger partial charge is 0.231 e. The Kier molecular flexibility index (Phi) is 4.82. The molecule has 0 spiro atoms. The third kappa shape index (κ3) is 3.18. The van der Waals surface area contributed by atoms with E-state index in [0.717, 1.165) is 40.1 Å². The van der Waals surface area contributed by atoms with Gasteiger partial charge >= 0.3 is 0 Å². The van der Waals surface area contributed by atoms with Crippen LogP contribution in [0.5, 0.6) is 34.6 Å². The summed E-state index contributed by atoms with van der Waals surface area (Å²) in [6.45, 7) is 3.13. The van der Waals surface area contributed by atoms with Crippen LogP contribution in [-0.2, 0) is 0 Å². The lowest BCUT2D eigenvalue weighted by Gasteiger charge is -2.17. The van der Waals surface area contributed by atoms with Crippen LogP contribution in [-0.4, -0.2) is 30.3 Å². The van der Waals surface area contributed by atoms with Gasteiger partial charge in [-0.1, -0.05) is 32.3 Å². The van der Waals surface area contributed by atoms with Gasteiger partial charge in [-0.05, 0) is 36.2 Å². The first kappa shape index (κ1) is 19.9. The molecule has 3 aromatic carbocycles. The van der Waals surface area contributed by atoms with E-state index in [1.807, 2.05) is 36.5 Å². The van der Waals surface area contributed by atoms with Gasteiger partial charge in [0.05, 0.1) is 12.0 Å². The molecule has 0 aliphatic carbocycles. The van der Waals surface area contributed by atoms with E-state index in [0.29, 0.717) is 40.7 Å². The van der Waals surface area contributed by atoms with Gasteiger partial charge in [0.25, 0.3) is 0 Å². The lowest BCUT2D eigenvalue weighted by atomic mass is 9.92. The van der Waals surface area contributed by atoms with Crippen LogP contribution in [0, 0.1) is 0 Å². The summed E-state index contributed by atoms with van der Waals surface area (Å²) in [5, 5.41) is 14.0. The highest BCUT2D eigenvalue weighted by Gasteiger charge is 2.27. The van der Waals surface area contributed by atoms with Crippen LogP contribution in [0.2, 0.25) is 0 Å². The van der Waals surface area contributed by atoms with E-state index in [4.69, 9.17) is 23.7 Å². The first-order chi connectivity index (χ1) is 16.3. The molecular weight excluding hydrogens is 422 g/mol. The number of aromatic nitrogens is 1. The van der Waals surface area contributed by atoms with E-state index < -0.39 is 0 Å². The summed E-state index contributed by atoms with van der Waals surface area (Å²) in [6.07, 6.45) is 6.22. The van der Waals surface area contributed by atoms with Crippen LogP contribution >= 0.6 is 0 Å². The van der Waals surface area contributed by atoms with Gasteiger partial charge in [-0.15, -0.1) is 0 Å². The molecule has 0 radical (unpaired) electrons. The number of benzene rings is 3. The summed E-state index contributed by atoms with van der Waals surface area (Å²) < 4.78 is 29.1. The maximum atomic E-state index is 10.8. The molecule has 2 aliphatic rings. The fraction of sp³-hybridized carbons (Fsp3) is 0.308. The summed E-state index contributed by atoms with van der Waals surface area (Å²) in [5.74, 6) is 3.51.